The van der Waals surface area contributed by atoms with Crippen molar-refractivity contribution in [2.75, 3.05) is 0 Å². The zero-order valence-electron chi connectivity index (χ0n) is 8.46. The van der Waals surface area contributed by atoms with Crippen molar-refractivity contribution in [2.24, 2.45) is 0 Å². The Labute approximate surface area is 92.6 Å². The van der Waals surface area contributed by atoms with E-state index in [1.54, 1.807) is 18.6 Å². The Bertz CT molecular complexity index is 510. The molecule has 0 aliphatic heterocycles. The minimum atomic E-state index is -0.956. The molecular formula is C13H10O3. The van der Waals surface area contributed by atoms with E-state index in [9.17, 15) is 4.79 Å². The molecule has 1 heterocycles. The molecule has 0 atom stereocenters. The molecule has 0 amide bonds. The Hall–Kier alpha value is -2.29. The van der Waals surface area contributed by atoms with Crippen LogP contribution in [0.5, 0.6) is 0 Å². The predicted molar refractivity (Wildman–Crippen MR) is 60.8 cm³/mol. The predicted octanol–water partition coefficient (Wildman–Crippen LogP) is 3.04. The van der Waals surface area contributed by atoms with Gasteiger partial charge in [0, 0.05) is 11.6 Å². The van der Waals surface area contributed by atoms with Crippen molar-refractivity contribution in [3.63, 3.8) is 0 Å². The molecule has 80 valence electrons. The van der Waals surface area contributed by atoms with Crippen LogP contribution in [0.2, 0.25) is 0 Å². The third-order valence-electron chi connectivity index (χ3n) is 2.20. The summed E-state index contributed by atoms with van der Waals surface area (Å²) in [6.45, 7) is 0. The molecule has 0 aliphatic carbocycles. The molecule has 0 saturated heterocycles. The van der Waals surface area contributed by atoms with Gasteiger partial charge in [0.2, 0.25) is 0 Å². The minimum absolute atomic E-state index is 0.853. The highest BCUT2D eigenvalue weighted by atomic mass is 16.4. The Morgan fingerprint density at radius 1 is 1.25 bits per heavy atom. The van der Waals surface area contributed by atoms with Crippen LogP contribution in [0, 0.1) is 0 Å². The number of rotatable bonds is 3. The Balaban J connectivity index is 2.42. The quantitative estimate of drug-likeness (QED) is 0.799. The van der Waals surface area contributed by atoms with Crippen LogP contribution < -0.4 is 0 Å². The average Bonchev–Trinajstić information content (AvgIpc) is 2.80. The maximum atomic E-state index is 10.5. The lowest BCUT2D eigenvalue weighted by atomic mass is 10.0. The molecule has 1 N–H and O–H groups in total. The summed E-state index contributed by atoms with van der Waals surface area (Å²) in [5.74, 6) is -0.956. The second-order valence-electron chi connectivity index (χ2n) is 3.27. The van der Waals surface area contributed by atoms with E-state index in [0.717, 1.165) is 22.8 Å². The molecule has 0 unspecified atom stereocenters. The molecule has 0 aliphatic rings. The monoisotopic (exact) mass is 214 g/mol. The van der Waals surface area contributed by atoms with Crippen LogP contribution in [0.25, 0.3) is 17.2 Å². The normalized spacial score (nSPS) is 10.8. The van der Waals surface area contributed by atoms with Gasteiger partial charge in [-0.05, 0) is 23.3 Å². The lowest BCUT2D eigenvalue weighted by molar-refractivity contribution is -0.131. The van der Waals surface area contributed by atoms with Crippen molar-refractivity contribution < 1.29 is 14.3 Å². The SMILES string of the molecule is O=C(O)C=Cc1ccccc1-c1ccoc1. The summed E-state index contributed by atoms with van der Waals surface area (Å²) in [7, 11) is 0. The molecule has 2 rings (SSSR count). The van der Waals surface area contributed by atoms with Crippen molar-refractivity contribution in [3.05, 3.63) is 54.5 Å². The van der Waals surface area contributed by atoms with Gasteiger partial charge in [-0.25, -0.2) is 4.79 Å². The summed E-state index contributed by atoms with van der Waals surface area (Å²) in [5, 5.41) is 8.59. The highest BCUT2D eigenvalue weighted by Gasteiger charge is 2.03. The average molecular weight is 214 g/mol. The topological polar surface area (TPSA) is 50.4 Å². The third-order valence-corrected chi connectivity index (χ3v) is 2.20. The fourth-order valence-corrected chi connectivity index (χ4v) is 1.48. The fraction of sp³-hybridized carbons (Fsp3) is 0. The molecule has 16 heavy (non-hydrogen) atoms. The molecule has 0 spiro atoms. The maximum absolute atomic E-state index is 10.5. The van der Waals surface area contributed by atoms with Crippen LogP contribution in [0.1, 0.15) is 5.56 Å². The molecule has 0 bridgehead atoms. The van der Waals surface area contributed by atoms with E-state index in [-0.39, 0.29) is 0 Å². The molecule has 1 aromatic carbocycles. The van der Waals surface area contributed by atoms with Gasteiger partial charge in [-0.1, -0.05) is 24.3 Å². The zero-order chi connectivity index (χ0) is 11.4. The first-order chi connectivity index (χ1) is 7.77. The summed E-state index contributed by atoms with van der Waals surface area (Å²) in [4.78, 5) is 10.5. The zero-order valence-corrected chi connectivity index (χ0v) is 8.46. The van der Waals surface area contributed by atoms with Crippen molar-refractivity contribution in [2.45, 2.75) is 0 Å². The number of aliphatic carboxylic acids is 1. The number of benzene rings is 1. The van der Waals surface area contributed by atoms with Gasteiger partial charge in [0.15, 0.2) is 0 Å². The first-order valence-corrected chi connectivity index (χ1v) is 4.80. The lowest BCUT2D eigenvalue weighted by Gasteiger charge is -2.01. The van der Waals surface area contributed by atoms with Crippen LogP contribution in [0.15, 0.2) is 53.4 Å². The fourth-order valence-electron chi connectivity index (χ4n) is 1.48. The van der Waals surface area contributed by atoms with Crippen LogP contribution >= 0.6 is 0 Å². The van der Waals surface area contributed by atoms with Gasteiger partial charge in [0.05, 0.1) is 12.5 Å². The second-order valence-corrected chi connectivity index (χ2v) is 3.27. The van der Waals surface area contributed by atoms with E-state index in [1.807, 2.05) is 30.3 Å². The van der Waals surface area contributed by atoms with E-state index < -0.39 is 5.97 Å². The molecule has 2 aromatic rings. The number of carboxylic acid groups (broad SMARTS) is 1. The molecular weight excluding hydrogens is 204 g/mol. The van der Waals surface area contributed by atoms with E-state index in [1.165, 1.54) is 0 Å². The van der Waals surface area contributed by atoms with Gasteiger partial charge in [-0.2, -0.15) is 0 Å². The van der Waals surface area contributed by atoms with Crippen LogP contribution in [0.4, 0.5) is 0 Å². The molecule has 3 nitrogen and oxygen atoms in total. The smallest absolute Gasteiger partial charge is 0.328 e. The summed E-state index contributed by atoms with van der Waals surface area (Å²) in [5.41, 5.74) is 2.74. The Morgan fingerprint density at radius 3 is 2.75 bits per heavy atom. The van der Waals surface area contributed by atoms with Crippen LogP contribution in [0.3, 0.4) is 0 Å². The summed E-state index contributed by atoms with van der Waals surface area (Å²) in [6.07, 6.45) is 5.92. The largest absolute Gasteiger partial charge is 0.478 e. The van der Waals surface area contributed by atoms with Gasteiger partial charge >= 0.3 is 5.97 Å². The number of hydrogen-bond acceptors (Lipinski definition) is 2. The summed E-state index contributed by atoms with van der Waals surface area (Å²) in [6, 6.07) is 9.40. The number of carbonyl (C=O) groups is 1. The number of hydrogen-bond donors (Lipinski definition) is 1. The van der Waals surface area contributed by atoms with Crippen molar-refractivity contribution in [1.82, 2.24) is 0 Å². The van der Waals surface area contributed by atoms with Gasteiger partial charge in [-0.15, -0.1) is 0 Å². The van der Waals surface area contributed by atoms with Crippen LogP contribution in [-0.4, -0.2) is 11.1 Å². The van der Waals surface area contributed by atoms with Gasteiger partial charge < -0.3 is 9.52 Å². The standard InChI is InChI=1S/C13H10O3/c14-13(15)6-5-10-3-1-2-4-12(10)11-7-8-16-9-11/h1-9H,(H,14,15). The Kier molecular flexibility index (Phi) is 2.87. The summed E-state index contributed by atoms with van der Waals surface area (Å²) >= 11 is 0. The number of carboxylic acids is 1. The molecule has 1 aromatic heterocycles. The lowest BCUT2D eigenvalue weighted by Crippen LogP contribution is -1.87. The highest BCUT2D eigenvalue weighted by molar-refractivity contribution is 5.87. The molecule has 0 fully saturated rings. The van der Waals surface area contributed by atoms with Gasteiger partial charge in [-0.3, -0.25) is 0 Å². The van der Waals surface area contributed by atoms with Crippen molar-refractivity contribution in [1.29, 1.82) is 0 Å². The molecule has 3 heteroatoms. The van der Waals surface area contributed by atoms with Crippen molar-refractivity contribution in [3.8, 4) is 11.1 Å². The Morgan fingerprint density at radius 2 is 2.06 bits per heavy atom. The molecule has 0 radical (unpaired) electrons. The molecule has 0 saturated carbocycles. The van der Waals surface area contributed by atoms with E-state index >= 15 is 0 Å². The highest BCUT2D eigenvalue weighted by Crippen LogP contribution is 2.24. The first kappa shape index (κ1) is 10.2. The number of furan rings is 1. The van der Waals surface area contributed by atoms with Gasteiger partial charge in [0.1, 0.15) is 0 Å². The van der Waals surface area contributed by atoms with E-state index in [0.29, 0.717) is 0 Å². The first-order valence-electron chi connectivity index (χ1n) is 4.80. The van der Waals surface area contributed by atoms with Crippen molar-refractivity contribution >= 4 is 12.0 Å². The van der Waals surface area contributed by atoms with Crippen LogP contribution in [-0.2, 0) is 4.79 Å². The van der Waals surface area contributed by atoms with Gasteiger partial charge in [0.25, 0.3) is 0 Å². The summed E-state index contributed by atoms with van der Waals surface area (Å²) < 4.78 is 5.01. The van der Waals surface area contributed by atoms with E-state index in [4.69, 9.17) is 9.52 Å². The van der Waals surface area contributed by atoms with E-state index in [2.05, 4.69) is 0 Å². The third kappa shape index (κ3) is 2.20. The minimum Gasteiger partial charge on any atom is -0.478 e. The maximum Gasteiger partial charge on any atom is 0.328 e. The second kappa shape index (κ2) is 4.49.